The number of fused-ring (bicyclic) bond motifs is 3. The summed E-state index contributed by atoms with van der Waals surface area (Å²) < 4.78 is 34.5. The molecule has 1 aliphatic heterocycles. The maximum atomic E-state index is 11.8. The Bertz CT molecular complexity index is 1570. The minimum Gasteiger partial charge on any atom is -0.472 e. The number of allylic oxidation sites excluding steroid dienone is 1. The van der Waals surface area contributed by atoms with Crippen LogP contribution < -0.4 is 9.46 Å². The van der Waals surface area contributed by atoms with E-state index >= 15 is 0 Å². The zero-order valence-electron chi connectivity index (χ0n) is 20.2. The van der Waals surface area contributed by atoms with Crippen molar-refractivity contribution in [1.29, 1.82) is 0 Å². The molecule has 0 aliphatic carbocycles. The van der Waals surface area contributed by atoms with Crippen molar-refractivity contribution < 1.29 is 13.2 Å². The molecule has 8 heteroatoms. The lowest BCUT2D eigenvalue weighted by atomic mass is 9.86. The number of rotatable bonds is 5. The van der Waals surface area contributed by atoms with Crippen LogP contribution in [-0.2, 0) is 16.6 Å². The molecule has 0 spiro atoms. The fraction of sp³-hybridized carbons (Fsp3) is 0.259. The second-order valence-corrected chi connectivity index (χ2v) is 10.8. The number of hydrogen-bond acceptors (Lipinski definition) is 5. The summed E-state index contributed by atoms with van der Waals surface area (Å²) in [5.74, 6) is 0.588. The van der Waals surface area contributed by atoms with Gasteiger partial charge in [-0.15, -0.1) is 0 Å². The molecule has 0 unspecified atom stereocenters. The van der Waals surface area contributed by atoms with Crippen molar-refractivity contribution in [3.63, 3.8) is 0 Å². The molecular weight excluding hydrogens is 460 g/mol. The number of hydrogen-bond donors (Lipinski definition) is 1. The summed E-state index contributed by atoms with van der Waals surface area (Å²) in [5.41, 5.74) is 7.71. The van der Waals surface area contributed by atoms with Crippen LogP contribution in [0.4, 0.5) is 5.69 Å². The Hall–Kier alpha value is -3.65. The highest BCUT2D eigenvalue weighted by atomic mass is 32.2. The van der Waals surface area contributed by atoms with Crippen LogP contribution in [0.3, 0.4) is 0 Å². The number of sulfonamides is 1. The van der Waals surface area contributed by atoms with Crippen molar-refractivity contribution in [2.24, 2.45) is 0 Å². The van der Waals surface area contributed by atoms with Gasteiger partial charge in [0.2, 0.25) is 15.9 Å². The number of nitrogens with zero attached hydrogens (tertiary/aromatic N) is 3. The Balaban J connectivity index is 1.80. The molecule has 0 bridgehead atoms. The molecular formula is C27H28N4O3S. The minimum absolute atomic E-state index is 0.238. The molecule has 5 rings (SSSR count). The number of aromatic nitrogens is 3. The van der Waals surface area contributed by atoms with E-state index < -0.39 is 10.0 Å². The van der Waals surface area contributed by atoms with Crippen LogP contribution in [0.2, 0.25) is 0 Å². The molecule has 2 aromatic carbocycles. The molecule has 35 heavy (non-hydrogen) atoms. The number of anilines is 1. The number of ether oxygens (including phenoxy) is 1. The first-order valence-electron chi connectivity index (χ1n) is 11.6. The summed E-state index contributed by atoms with van der Waals surface area (Å²) in [5, 5.41) is 5.67. The second kappa shape index (κ2) is 8.85. The molecule has 4 aromatic rings. The van der Waals surface area contributed by atoms with E-state index in [0.29, 0.717) is 18.2 Å². The fourth-order valence-electron chi connectivity index (χ4n) is 4.72. The molecule has 180 valence electrons. The Kier molecular flexibility index (Phi) is 5.84. The molecule has 3 heterocycles. The van der Waals surface area contributed by atoms with Gasteiger partial charge in [0.05, 0.1) is 18.0 Å². The van der Waals surface area contributed by atoms with Crippen LogP contribution in [0.25, 0.3) is 22.0 Å². The van der Waals surface area contributed by atoms with Gasteiger partial charge in [-0.25, -0.2) is 13.4 Å². The van der Waals surface area contributed by atoms with Gasteiger partial charge in [0.1, 0.15) is 6.61 Å². The van der Waals surface area contributed by atoms with Crippen molar-refractivity contribution in [3.05, 3.63) is 83.2 Å². The van der Waals surface area contributed by atoms with Gasteiger partial charge in [0.25, 0.3) is 0 Å². The average molecular weight is 489 g/mol. The maximum Gasteiger partial charge on any atom is 0.229 e. The Morgan fingerprint density at radius 2 is 1.97 bits per heavy atom. The lowest BCUT2D eigenvalue weighted by molar-refractivity contribution is 0.295. The van der Waals surface area contributed by atoms with Crippen LogP contribution in [-0.4, -0.2) is 29.4 Å². The predicted molar refractivity (Wildman–Crippen MR) is 140 cm³/mol. The third kappa shape index (κ3) is 4.41. The van der Waals surface area contributed by atoms with E-state index in [1.165, 1.54) is 0 Å². The third-order valence-corrected chi connectivity index (χ3v) is 6.76. The highest BCUT2D eigenvalue weighted by Gasteiger charge is 2.25. The average Bonchev–Trinajstić information content (AvgIpc) is 3.16. The van der Waals surface area contributed by atoms with Gasteiger partial charge in [-0.3, -0.25) is 9.40 Å². The van der Waals surface area contributed by atoms with Crippen molar-refractivity contribution >= 4 is 37.8 Å². The van der Waals surface area contributed by atoms with E-state index in [1.54, 1.807) is 12.3 Å². The summed E-state index contributed by atoms with van der Waals surface area (Å²) in [4.78, 5) is 4.53. The first kappa shape index (κ1) is 23.1. The van der Waals surface area contributed by atoms with E-state index in [-0.39, 0.29) is 6.04 Å². The molecule has 0 amide bonds. The quantitative estimate of drug-likeness (QED) is 0.393. The number of benzene rings is 2. The predicted octanol–water partition coefficient (Wildman–Crippen LogP) is 5.65. The molecule has 0 saturated carbocycles. The molecule has 2 aromatic heterocycles. The lowest BCUT2D eigenvalue weighted by Crippen LogP contribution is -2.09. The van der Waals surface area contributed by atoms with Crippen LogP contribution in [0.15, 0.2) is 60.9 Å². The monoisotopic (exact) mass is 488 g/mol. The molecule has 1 aliphatic rings. The molecule has 1 N–H and O–H groups in total. The third-order valence-electron chi connectivity index (χ3n) is 6.15. The summed E-state index contributed by atoms with van der Waals surface area (Å²) >= 11 is 0. The summed E-state index contributed by atoms with van der Waals surface area (Å²) in [6, 6.07) is 16.0. The van der Waals surface area contributed by atoms with Gasteiger partial charge in [0, 0.05) is 28.9 Å². The van der Waals surface area contributed by atoms with Crippen LogP contribution in [0, 0.1) is 0 Å². The summed E-state index contributed by atoms with van der Waals surface area (Å²) in [6.07, 6.45) is 5.53. The highest BCUT2D eigenvalue weighted by molar-refractivity contribution is 7.92. The van der Waals surface area contributed by atoms with Crippen LogP contribution in [0.5, 0.6) is 5.88 Å². The summed E-state index contributed by atoms with van der Waals surface area (Å²) in [6.45, 7) is 6.74. The smallest absolute Gasteiger partial charge is 0.229 e. The Labute approximate surface area is 205 Å². The number of nitrogens with one attached hydrogen (secondary N) is 1. The summed E-state index contributed by atoms with van der Waals surface area (Å²) in [7, 11) is -3.39. The second-order valence-electron chi connectivity index (χ2n) is 9.06. The fourth-order valence-corrected chi connectivity index (χ4v) is 5.28. The van der Waals surface area contributed by atoms with Gasteiger partial charge in [-0.2, -0.15) is 5.10 Å². The van der Waals surface area contributed by atoms with Crippen LogP contribution in [0.1, 0.15) is 55.5 Å². The maximum absolute atomic E-state index is 11.8. The van der Waals surface area contributed by atoms with Crippen molar-refractivity contribution in [1.82, 2.24) is 14.8 Å². The van der Waals surface area contributed by atoms with E-state index in [9.17, 15) is 8.42 Å². The molecule has 7 nitrogen and oxygen atoms in total. The first-order chi connectivity index (χ1) is 16.7. The van der Waals surface area contributed by atoms with Crippen LogP contribution >= 0.6 is 0 Å². The molecule has 0 saturated heterocycles. The van der Waals surface area contributed by atoms with Crippen molar-refractivity contribution in [2.75, 3.05) is 11.0 Å². The first-order valence-corrected chi connectivity index (χ1v) is 13.5. The van der Waals surface area contributed by atoms with Crippen molar-refractivity contribution in [3.8, 4) is 5.88 Å². The van der Waals surface area contributed by atoms with Gasteiger partial charge in [0.15, 0.2) is 0 Å². The van der Waals surface area contributed by atoms with Gasteiger partial charge < -0.3 is 4.74 Å². The topological polar surface area (TPSA) is 86.1 Å². The Morgan fingerprint density at radius 3 is 2.71 bits per heavy atom. The minimum atomic E-state index is -3.39. The Morgan fingerprint density at radius 1 is 1.14 bits per heavy atom. The molecule has 0 fully saturated rings. The lowest BCUT2D eigenvalue weighted by Gasteiger charge is -2.18. The molecule has 0 atom stereocenters. The van der Waals surface area contributed by atoms with Gasteiger partial charge in [-0.05, 0) is 84.5 Å². The standard InChI is InChI=1S/C27H28N4O3S/c1-5-22(18-8-6-9-21(12-18)30-35(4,32)33)26-23-10-7-11-28-27(23)34-16-20-14-25-19(13-24(20)26)15-29-31(25)17(2)3/h6-15,17,30H,5,16H2,1-4H3/b26-22+. The van der Waals surface area contributed by atoms with Crippen molar-refractivity contribution in [2.45, 2.75) is 39.8 Å². The molecule has 0 radical (unpaired) electrons. The van der Waals surface area contributed by atoms with E-state index in [1.807, 2.05) is 41.2 Å². The number of pyridine rings is 1. The zero-order valence-corrected chi connectivity index (χ0v) is 21.1. The normalized spacial score (nSPS) is 14.8. The van der Waals surface area contributed by atoms with E-state index in [2.05, 4.69) is 47.7 Å². The van der Waals surface area contributed by atoms with Gasteiger partial charge >= 0.3 is 0 Å². The van der Waals surface area contributed by atoms with Gasteiger partial charge in [-0.1, -0.05) is 19.1 Å². The zero-order chi connectivity index (χ0) is 24.7. The van der Waals surface area contributed by atoms with E-state index in [4.69, 9.17) is 4.74 Å². The van der Waals surface area contributed by atoms with E-state index in [0.717, 1.165) is 57.0 Å². The largest absolute Gasteiger partial charge is 0.472 e. The highest BCUT2D eigenvalue weighted by Crippen LogP contribution is 2.43. The SMILES string of the molecule is CC/C(=C1\c2cc3cnn(C(C)C)c3cc2COc2ncccc21)c1cccc(NS(C)(=O)=O)c1.